The highest BCUT2D eigenvalue weighted by molar-refractivity contribution is 5.91. The van der Waals surface area contributed by atoms with Gasteiger partial charge < -0.3 is 25.2 Å². The van der Waals surface area contributed by atoms with Gasteiger partial charge in [0.15, 0.2) is 5.83 Å². The van der Waals surface area contributed by atoms with Crippen LogP contribution < -0.4 is 16.0 Å². The fraction of sp³-hybridized carbons (Fsp3) is 0.875. The third-order valence-electron chi connectivity index (χ3n) is 12.1. The molecule has 2 bridgehead atoms. The number of piperidine rings is 2. The van der Waals surface area contributed by atoms with Crippen LogP contribution in [0.2, 0.25) is 0 Å². The highest BCUT2D eigenvalue weighted by Crippen LogP contribution is 2.45. The van der Waals surface area contributed by atoms with E-state index in [2.05, 4.69) is 41.3 Å². The van der Waals surface area contributed by atoms with Crippen molar-refractivity contribution in [3.05, 3.63) is 12.4 Å². The molecule has 0 spiro atoms. The molecule has 12 heteroatoms. The van der Waals surface area contributed by atoms with Gasteiger partial charge >= 0.3 is 6.03 Å². The molecule has 6 saturated heterocycles. The van der Waals surface area contributed by atoms with E-state index >= 15 is 8.78 Å². The Morgan fingerprint density at radius 2 is 1.86 bits per heavy atom. The van der Waals surface area contributed by atoms with Gasteiger partial charge in [-0.1, -0.05) is 20.4 Å². The molecule has 6 heterocycles. The molecule has 13 atom stereocenters. The third-order valence-corrected chi connectivity index (χ3v) is 12.1. The van der Waals surface area contributed by atoms with Gasteiger partial charge in [-0.25, -0.2) is 18.0 Å². The molecule has 7 aliphatic rings. The molecule has 6 aliphatic heterocycles. The fourth-order valence-electron chi connectivity index (χ4n) is 10.1. The number of nitrogens with zero attached hydrogens (tertiary/aromatic N) is 3. The Labute approximate surface area is 258 Å². The predicted molar refractivity (Wildman–Crippen MR) is 158 cm³/mol. The van der Waals surface area contributed by atoms with Gasteiger partial charge in [-0.05, 0) is 69.7 Å². The van der Waals surface area contributed by atoms with Crippen LogP contribution in [0.15, 0.2) is 12.4 Å². The second kappa shape index (κ2) is 12.0. The molecule has 0 aromatic carbocycles. The van der Waals surface area contributed by atoms with Crippen molar-refractivity contribution in [3.63, 3.8) is 0 Å². The van der Waals surface area contributed by atoms with Gasteiger partial charge in [0.2, 0.25) is 0 Å². The van der Waals surface area contributed by atoms with Crippen LogP contribution in [0.3, 0.4) is 0 Å². The van der Waals surface area contributed by atoms with Gasteiger partial charge in [0.25, 0.3) is 5.91 Å². The molecule has 13 unspecified atom stereocenters. The number of alkyl halides is 2. The fourth-order valence-corrected chi connectivity index (χ4v) is 10.1. The van der Waals surface area contributed by atoms with Gasteiger partial charge in [0, 0.05) is 49.7 Å². The number of nitrogens with one attached hydrogen (secondary N) is 3. The predicted octanol–water partition coefficient (Wildman–Crippen LogP) is 3.07. The van der Waals surface area contributed by atoms with Gasteiger partial charge in [-0.15, -0.1) is 0 Å². The minimum Gasteiger partial charge on any atom is -0.378 e. The van der Waals surface area contributed by atoms with Crippen molar-refractivity contribution in [2.45, 2.75) is 126 Å². The average Bonchev–Trinajstić information content (AvgIpc) is 3.29. The number of halogens is 3. The molecule has 0 aromatic rings. The summed E-state index contributed by atoms with van der Waals surface area (Å²) >= 11 is 0. The second-order valence-electron chi connectivity index (χ2n) is 14.7. The van der Waals surface area contributed by atoms with Crippen molar-refractivity contribution in [2.24, 2.45) is 23.7 Å². The summed E-state index contributed by atoms with van der Waals surface area (Å²) < 4.78 is 52.3. The molecule has 0 aromatic heterocycles. The number of amides is 3. The number of likely N-dealkylation sites (tertiary alicyclic amines) is 2. The zero-order valence-electron chi connectivity index (χ0n) is 26.0. The average molecular weight is 623 g/mol. The smallest absolute Gasteiger partial charge is 0.320 e. The van der Waals surface area contributed by atoms with E-state index in [1.54, 1.807) is 0 Å². The molecule has 9 nitrogen and oxygen atoms in total. The number of rotatable bonds is 3. The summed E-state index contributed by atoms with van der Waals surface area (Å²) in [6, 6.07) is -1.18. The normalized spacial score (nSPS) is 46.0. The lowest BCUT2D eigenvalue weighted by Gasteiger charge is -2.60. The van der Waals surface area contributed by atoms with Gasteiger partial charge in [0.1, 0.15) is 12.3 Å². The molecule has 1 saturated carbocycles. The van der Waals surface area contributed by atoms with E-state index in [0.717, 1.165) is 38.6 Å². The van der Waals surface area contributed by atoms with E-state index < -0.39 is 48.4 Å². The SMILES string of the molecule is C=C(F)C(=O)N1CC2C1CCN2C1NC(=O)N2C3NC(C(F)CC13)C1C(F)CCCC1OCCCC1CCNC(C(C)C)C12. The zero-order valence-corrected chi connectivity index (χ0v) is 26.0. The van der Waals surface area contributed by atoms with Crippen molar-refractivity contribution in [1.29, 1.82) is 0 Å². The van der Waals surface area contributed by atoms with Crippen LogP contribution in [-0.4, -0.2) is 114 Å². The number of ether oxygens (including phenoxy) is 1. The summed E-state index contributed by atoms with van der Waals surface area (Å²) in [5.41, 5.74) is 0. The lowest BCUT2D eigenvalue weighted by molar-refractivity contribution is -0.143. The third kappa shape index (κ3) is 5.06. The Balaban J connectivity index is 1.24. The Hall–Kier alpha value is -1.89. The monoisotopic (exact) mass is 622 g/mol. The van der Waals surface area contributed by atoms with Crippen LogP contribution in [0.25, 0.3) is 0 Å². The number of hydrogen-bond acceptors (Lipinski definition) is 6. The summed E-state index contributed by atoms with van der Waals surface area (Å²) in [5.74, 6) is -2.03. The number of carbonyl (C=O) groups is 2. The van der Waals surface area contributed by atoms with E-state index in [-0.39, 0.29) is 60.5 Å². The Morgan fingerprint density at radius 1 is 1.05 bits per heavy atom. The Morgan fingerprint density at radius 3 is 2.64 bits per heavy atom. The van der Waals surface area contributed by atoms with Crippen LogP contribution in [0.4, 0.5) is 18.0 Å². The van der Waals surface area contributed by atoms with Crippen LogP contribution in [0.1, 0.15) is 65.2 Å². The van der Waals surface area contributed by atoms with Crippen molar-refractivity contribution in [3.8, 4) is 0 Å². The van der Waals surface area contributed by atoms with Crippen LogP contribution >= 0.6 is 0 Å². The minimum atomic E-state index is -1.31. The summed E-state index contributed by atoms with van der Waals surface area (Å²) in [4.78, 5) is 32.5. The maximum absolute atomic E-state index is 16.5. The summed E-state index contributed by atoms with van der Waals surface area (Å²) in [6.45, 7) is 9.90. The maximum atomic E-state index is 16.5. The van der Waals surface area contributed by atoms with Crippen molar-refractivity contribution in [1.82, 2.24) is 30.7 Å². The molecule has 3 N–H and O–H groups in total. The first-order valence-corrected chi connectivity index (χ1v) is 17.0. The number of hydrogen-bond donors (Lipinski definition) is 3. The second-order valence-corrected chi connectivity index (χ2v) is 14.7. The van der Waals surface area contributed by atoms with Gasteiger partial charge in [-0.2, -0.15) is 0 Å². The van der Waals surface area contributed by atoms with E-state index in [1.807, 2.05) is 4.90 Å². The van der Waals surface area contributed by atoms with E-state index in [4.69, 9.17) is 4.74 Å². The largest absolute Gasteiger partial charge is 0.378 e. The first-order chi connectivity index (χ1) is 21.2. The number of urea groups is 1. The van der Waals surface area contributed by atoms with Crippen molar-refractivity contribution in [2.75, 3.05) is 26.2 Å². The number of fused-ring (bicyclic) bond motifs is 6. The van der Waals surface area contributed by atoms with E-state index in [1.165, 1.54) is 4.90 Å². The Bertz CT molecular complexity index is 1130. The lowest BCUT2D eigenvalue weighted by atomic mass is 9.72. The van der Waals surface area contributed by atoms with Gasteiger partial charge in [-0.3, -0.25) is 15.0 Å². The molecule has 44 heavy (non-hydrogen) atoms. The summed E-state index contributed by atoms with van der Waals surface area (Å²) in [5, 5.41) is 10.6. The first kappa shape index (κ1) is 30.7. The molecule has 0 radical (unpaired) electrons. The quantitative estimate of drug-likeness (QED) is 0.420. The van der Waals surface area contributed by atoms with Crippen molar-refractivity contribution < 1.29 is 27.5 Å². The zero-order chi connectivity index (χ0) is 30.9. The standard InChI is InChI=1S/C32H49F3N6O3/c1-16(2)26-28-18(9-11-36-26)6-5-13-44-24-8-4-7-20(34)25(24)27-21(35)14-19-29(38-32(43)41(28)30(19)37-27)39-12-10-22-23(39)15-40(22)31(42)17(3)33/h16,18-30,36-37H,3-15H2,1-2H3,(H,38,43). The van der Waals surface area contributed by atoms with E-state index in [0.29, 0.717) is 32.5 Å². The van der Waals surface area contributed by atoms with Crippen LogP contribution in [0.5, 0.6) is 0 Å². The highest BCUT2D eigenvalue weighted by atomic mass is 19.1. The minimum absolute atomic E-state index is 0.0453. The number of carbonyl (C=O) groups excluding carboxylic acids is 2. The Kier molecular flexibility index (Phi) is 8.42. The van der Waals surface area contributed by atoms with Crippen LogP contribution in [0, 0.1) is 23.7 Å². The lowest BCUT2D eigenvalue weighted by Crippen LogP contribution is -2.80. The highest BCUT2D eigenvalue weighted by Gasteiger charge is 2.60. The van der Waals surface area contributed by atoms with Gasteiger partial charge in [0.05, 0.1) is 30.5 Å². The summed E-state index contributed by atoms with van der Waals surface area (Å²) in [6.07, 6.45) is 1.63. The molecule has 7 rings (SSSR count). The summed E-state index contributed by atoms with van der Waals surface area (Å²) in [7, 11) is 0. The molecular formula is C32H49F3N6O3. The molecule has 7 fully saturated rings. The van der Waals surface area contributed by atoms with Crippen molar-refractivity contribution >= 4 is 11.9 Å². The molecule has 3 amide bonds. The molecule has 1 aliphatic carbocycles. The maximum Gasteiger partial charge on any atom is 0.320 e. The topological polar surface area (TPSA) is 89.2 Å². The molecular weight excluding hydrogens is 573 g/mol. The first-order valence-electron chi connectivity index (χ1n) is 17.0. The molecule has 246 valence electrons. The van der Waals surface area contributed by atoms with E-state index in [9.17, 15) is 14.0 Å². The van der Waals surface area contributed by atoms with Crippen LogP contribution in [-0.2, 0) is 9.53 Å².